The van der Waals surface area contributed by atoms with Crippen LogP contribution < -0.4 is 5.32 Å². The van der Waals surface area contributed by atoms with Gasteiger partial charge in [-0.1, -0.05) is 20.8 Å². The van der Waals surface area contributed by atoms with Crippen molar-refractivity contribution in [1.82, 2.24) is 19.3 Å². The lowest BCUT2D eigenvalue weighted by atomic mass is 9.92. The smallest absolute Gasteiger partial charge is 0.340 e. The minimum atomic E-state index is -4.45. The van der Waals surface area contributed by atoms with Gasteiger partial charge in [0.2, 0.25) is 5.91 Å². The SMILES string of the molecule is Cc1cc2c(ccn2Cc2cc(C(F)(F)F)n(C)n2)nc1NC(=O)CC(C)(C)C. The summed E-state index contributed by atoms with van der Waals surface area (Å²) in [6.45, 7) is 7.97. The molecule has 3 aromatic rings. The Kier molecular flexibility index (Phi) is 5.19. The molecule has 0 bridgehead atoms. The fourth-order valence-corrected chi connectivity index (χ4v) is 3.17. The van der Waals surface area contributed by atoms with E-state index in [2.05, 4.69) is 15.4 Å². The zero-order chi connectivity index (χ0) is 21.6. The first-order valence-electron chi connectivity index (χ1n) is 9.20. The lowest BCUT2D eigenvalue weighted by molar-refractivity contribution is -0.143. The van der Waals surface area contributed by atoms with Crippen LogP contribution in [-0.2, 0) is 24.6 Å². The molecule has 0 aliphatic carbocycles. The van der Waals surface area contributed by atoms with Gasteiger partial charge in [0, 0.05) is 19.7 Å². The second kappa shape index (κ2) is 7.20. The summed E-state index contributed by atoms with van der Waals surface area (Å²) in [6, 6.07) is 4.68. The molecular weight excluding hydrogens is 383 g/mol. The van der Waals surface area contributed by atoms with E-state index in [-0.39, 0.29) is 17.9 Å². The molecule has 156 valence electrons. The predicted octanol–water partition coefficient (Wildman–Crippen LogP) is 4.52. The van der Waals surface area contributed by atoms with Gasteiger partial charge >= 0.3 is 6.18 Å². The Balaban J connectivity index is 1.85. The number of hydrogen-bond acceptors (Lipinski definition) is 3. The highest BCUT2D eigenvalue weighted by molar-refractivity contribution is 5.92. The Morgan fingerprint density at radius 2 is 1.90 bits per heavy atom. The van der Waals surface area contributed by atoms with E-state index >= 15 is 0 Å². The number of aryl methyl sites for hydroxylation is 2. The fraction of sp³-hybridized carbons (Fsp3) is 0.450. The van der Waals surface area contributed by atoms with E-state index in [1.54, 1.807) is 16.8 Å². The van der Waals surface area contributed by atoms with Crippen molar-refractivity contribution in [2.24, 2.45) is 12.5 Å². The van der Waals surface area contributed by atoms with E-state index in [9.17, 15) is 18.0 Å². The second-order valence-electron chi connectivity index (χ2n) is 8.43. The van der Waals surface area contributed by atoms with Gasteiger partial charge in [-0.2, -0.15) is 18.3 Å². The van der Waals surface area contributed by atoms with E-state index in [1.807, 2.05) is 33.8 Å². The van der Waals surface area contributed by atoms with Crippen molar-refractivity contribution in [2.45, 2.75) is 46.8 Å². The van der Waals surface area contributed by atoms with Crippen LogP contribution in [0.2, 0.25) is 0 Å². The van der Waals surface area contributed by atoms with Gasteiger partial charge in [-0.05, 0) is 36.1 Å². The first kappa shape index (κ1) is 20.9. The van der Waals surface area contributed by atoms with Gasteiger partial charge in [0.25, 0.3) is 0 Å². The number of carbonyl (C=O) groups is 1. The molecule has 1 amide bonds. The summed E-state index contributed by atoms with van der Waals surface area (Å²) in [6.07, 6.45) is -2.33. The molecule has 0 saturated heterocycles. The summed E-state index contributed by atoms with van der Waals surface area (Å²) >= 11 is 0. The van der Waals surface area contributed by atoms with E-state index in [4.69, 9.17) is 0 Å². The van der Waals surface area contributed by atoms with Crippen LogP contribution in [0.3, 0.4) is 0 Å². The Hall–Kier alpha value is -2.84. The molecule has 0 radical (unpaired) electrons. The first-order chi connectivity index (χ1) is 13.3. The largest absolute Gasteiger partial charge is 0.433 e. The number of nitrogens with one attached hydrogen (secondary N) is 1. The number of halogens is 3. The molecule has 9 heteroatoms. The molecule has 0 spiro atoms. The molecule has 0 aliphatic heterocycles. The van der Waals surface area contributed by atoms with Crippen molar-refractivity contribution in [2.75, 3.05) is 5.32 Å². The van der Waals surface area contributed by atoms with E-state index < -0.39 is 11.9 Å². The van der Waals surface area contributed by atoms with Crippen molar-refractivity contribution >= 4 is 22.8 Å². The minimum Gasteiger partial charge on any atom is -0.340 e. The molecule has 0 atom stereocenters. The van der Waals surface area contributed by atoms with Crippen LogP contribution >= 0.6 is 0 Å². The number of pyridine rings is 1. The maximum Gasteiger partial charge on any atom is 0.433 e. The number of nitrogens with zero attached hydrogens (tertiary/aromatic N) is 4. The summed E-state index contributed by atoms with van der Waals surface area (Å²) in [5.41, 5.74) is 1.56. The predicted molar refractivity (Wildman–Crippen MR) is 104 cm³/mol. The van der Waals surface area contributed by atoms with Gasteiger partial charge in [0.1, 0.15) is 11.5 Å². The highest BCUT2D eigenvalue weighted by Crippen LogP contribution is 2.30. The Bertz CT molecular complexity index is 1060. The summed E-state index contributed by atoms with van der Waals surface area (Å²) < 4.78 is 41.6. The first-order valence-corrected chi connectivity index (χ1v) is 9.20. The fourth-order valence-electron chi connectivity index (χ4n) is 3.17. The van der Waals surface area contributed by atoms with Gasteiger partial charge in [-0.25, -0.2) is 4.98 Å². The van der Waals surface area contributed by atoms with E-state index in [0.717, 1.165) is 21.8 Å². The van der Waals surface area contributed by atoms with Crippen LogP contribution in [0.4, 0.5) is 19.0 Å². The van der Waals surface area contributed by atoms with Crippen LogP contribution in [-0.4, -0.2) is 25.2 Å². The number of alkyl halides is 3. The van der Waals surface area contributed by atoms with Crippen molar-refractivity contribution < 1.29 is 18.0 Å². The number of anilines is 1. The lowest BCUT2D eigenvalue weighted by Crippen LogP contribution is -2.20. The van der Waals surface area contributed by atoms with Crippen molar-refractivity contribution in [3.05, 3.63) is 41.3 Å². The van der Waals surface area contributed by atoms with Gasteiger partial charge in [0.15, 0.2) is 0 Å². The van der Waals surface area contributed by atoms with Crippen molar-refractivity contribution in [3.8, 4) is 0 Å². The molecule has 0 aromatic carbocycles. The number of amides is 1. The maximum absolute atomic E-state index is 13.0. The van der Waals surface area contributed by atoms with Crippen LogP contribution in [0.25, 0.3) is 11.0 Å². The summed E-state index contributed by atoms with van der Waals surface area (Å²) in [5, 5.41) is 6.82. The van der Waals surface area contributed by atoms with Crippen LogP contribution in [0.5, 0.6) is 0 Å². The van der Waals surface area contributed by atoms with Gasteiger partial charge in [0.05, 0.1) is 23.3 Å². The number of rotatable bonds is 4. The quantitative estimate of drug-likeness (QED) is 0.692. The third kappa shape index (κ3) is 4.78. The molecule has 3 rings (SSSR count). The standard InChI is InChI=1S/C20H24F3N5O/c1-12-8-15-14(24-18(12)25-17(29)10-19(2,3)4)6-7-28(15)11-13-9-16(20(21,22)23)27(5)26-13/h6-9H,10-11H2,1-5H3,(H,24,25,29). The normalized spacial score (nSPS) is 12.6. The average Bonchev–Trinajstić information content (AvgIpc) is 3.10. The molecule has 1 N–H and O–H groups in total. The topological polar surface area (TPSA) is 64.7 Å². The van der Waals surface area contributed by atoms with Gasteiger partial charge in [-0.15, -0.1) is 0 Å². The summed E-state index contributed by atoms with van der Waals surface area (Å²) in [5.74, 6) is 0.377. The minimum absolute atomic E-state index is 0.111. The number of carbonyl (C=O) groups excluding carboxylic acids is 1. The van der Waals surface area contributed by atoms with Gasteiger partial charge < -0.3 is 9.88 Å². The molecule has 0 aliphatic rings. The Morgan fingerprint density at radius 3 is 2.48 bits per heavy atom. The van der Waals surface area contributed by atoms with Crippen LogP contribution in [0.1, 0.15) is 44.1 Å². The lowest BCUT2D eigenvalue weighted by Gasteiger charge is -2.17. The summed E-state index contributed by atoms with van der Waals surface area (Å²) in [4.78, 5) is 16.7. The number of hydrogen-bond donors (Lipinski definition) is 1. The highest BCUT2D eigenvalue weighted by atomic mass is 19.4. The van der Waals surface area contributed by atoms with E-state index in [1.165, 1.54) is 7.05 Å². The number of aromatic nitrogens is 4. The van der Waals surface area contributed by atoms with Crippen LogP contribution in [0, 0.1) is 12.3 Å². The monoisotopic (exact) mass is 407 g/mol. The summed E-state index contributed by atoms with van der Waals surface area (Å²) in [7, 11) is 1.28. The zero-order valence-electron chi connectivity index (χ0n) is 17.1. The Morgan fingerprint density at radius 1 is 1.21 bits per heavy atom. The maximum atomic E-state index is 13.0. The van der Waals surface area contributed by atoms with Crippen LogP contribution in [0.15, 0.2) is 24.4 Å². The number of fused-ring (bicyclic) bond motifs is 1. The molecule has 29 heavy (non-hydrogen) atoms. The second-order valence-corrected chi connectivity index (χ2v) is 8.43. The third-order valence-electron chi connectivity index (χ3n) is 4.45. The zero-order valence-corrected chi connectivity index (χ0v) is 17.1. The molecule has 0 fully saturated rings. The Labute approximate surface area is 166 Å². The van der Waals surface area contributed by atoms with E-state index in [0.29, 0.717) is 23.4 Å². The average molecular weight is 407 g/mol. The third-order valence-corrected chi connectivity index (χ3v) is 4.45. The molecule has 0 unspecified atom stereocenters. The molecule has 3 heterocycles. The molecule has 3 aromatic heterocycles. The molecule has 0 saturated carbocycles. The van der Waals surface area contributed by atoms with Crippen molar-refractivity contribution in [3.63, 3.8) is 0 Å². The molecule has 6 nitrogen and oxygen atoms in total. The van der Waals surface area contributed by atoms with Crippen molar-refractivity contribution in [1.29, 1.82) is 0 Å². The van der Waals surface area contributed by atoms with Gasteiger partial charge in [-0.3, -0.25) is 9.48 Å². The molecular formula is C20H24F3N5O. The highest BCUT2D eigenvalue weighted by Gasteiger charge is 2.34.